The highest BCUT2D eigenvalue weighted by atomic mass is 35.5. The van der Waals surface area contributed by atoms with E-state index in [0.717, 1.165) is 22.4 Å². The molecule has 0 aliphatic carbocycles. The van der Waals surface area contributed by atoms with Crippen LogP contribution in [0.25, 0.3) is 22.4 Å². The lowest BCUT2D eigenvalue weighted by Crippen LogP contribution is -2.03. The Morgan fingerprint density at radius 3 is 2.33 bits per heavy atom. The van der Waals surface area contributed by atoms with Crippen molar-refractivity contribution in [1.82, 2.24) is 9.55 Å². The van der Waals surface area contributed by atoms with Gasteiger partial charge in [-0.25, -0.2) is 4.98 Å². The third kappa shape index (κ3) is 2.43. The van der Waals surface area contributed by atoms with Crippen molar-refractivity contribution in [2.75, 3.05) is 11.5 Å². The van der Waals surface area contributed by atoms with Gasteiger partial charge in [0.25, 0.3) is 0 Å². The third-order valence-corrected chi connectivity index (χ3v) is 3.64. The van der Waals surface area contributed by atoms with Crippen LogP contribution >= 0.6 is 11.6 Å². The summed E-state index contributed by atoms with van der Waals surface area (Å²) in [4.78, 5) is 4.71. The van der Waals surface area contributed by atoms with Crippen LogP contribution in [0.4, 0.5) is 11.4 Å². The second-order valence-electron chi connectivity index (χ2n) is 5.42. The molecule has 0 atom stereocenters. The number of nitrogens with two attached hydrogens (primary N) is 2. The Morgan fingerprint density at radius 1 is 1.05 bits per heavy atom. The minimum atomic E-state index is 0.258. The minimum Gasteiger partial charge on any atom is -0.399 e. The molecule has 108 valence electrons. The van der Waals surface area contributed by atoms with Gasteiger partial charge >= 0.3 is 0 Å². The zero-order valence-electron chi connectivity index (χ0n) is 12.0. The largest absolute Gasteiger partial charge is 0.399 e. The molecule has 0 amide bonds. The molecule has 0 unspecified atom stereocenters. The molecule has 21 heavy (non-hydrogen) atoms. The van der Waals surface area contributed by atoms with Gasteiger partial charge in [-0.1, -0.05) is 11.6 Å². The van der Waals surface area contributed by atoms with Crippen molar-refractivity contribution in [2.45, 2.75) is 19.9 Å². The van der Waals surface area contributed by atoms with Gasteiger partial charge < -0.3 is 16.0 Å². The molecule has 1 aromatic heterocycles. The van der Waals surface area contributed by atoms with Gasteiger partial charge in [-0.2, -0.15) is 0 Å². The van der Waals surface area contributed by atoms with E-state index in [0.29, 0.717) is 16.4 Å². The van der Waals surface area contributed by atoms with Gasteiger partial charge in [-0.3, -0.25) is 0 Å². The Labute approximate surface area is 128 Å². The average molecular weight is 301 g/mol. The number of fused-ring (bicyclic) bond motifs is 1. The number of benzene rings is 2. The molecule has 0 spiro atoms. The van der Waals surface area contributed by atoms with E-state index in [2.05, 4.69) is 18.4 Å². The molecule has 0 fully saturated rings. The number of hydrogen-bond donors (Lipinski definition) is 2. The Morgan fingerprint density at radius 2 is 1.71 bits per heavy atom. The van der Waals surface area contributed by atoms with Gasteiger partial charge in [0, 0.05) is 28.0 Å². The summed E-state index contributed by atoms with van der Waals surface area (Å²) in [5, 5.41) is 0.676. The van der Waals surface area contributed by atoms with Crippen molar-refractivity contribution in [3.05, 3.63) is 41.4 Å². The molecule has 3 rings (SSSR count). The maximum absolute atomic E-state index is 6.07. The third-order valence-electron chi connectivity index (χ3n) is 3.40. The van der Waals surface area contributed by atoms with E-state index < -0.39 is 0 Å². The standard InChI is InChI=1S/C16H17ClN4/c1-9(2)21-15-4-3-11(17)7-14(15)20-16(21)10-5-12(18)8-13(19)6-10/h3-9H,18-19H2,1-2H3. The first-order chi connectivity index (χ1) is 9.95. The Kier molecular flexibility index (Phi) is 3.26. The summed E-state index contributed by atoms with van der Waals surface area (Å²) in [5.74, 6) is 0.848. The molecule has 0 radical (unpaired) electrons. The molecule has 1 heterocycles. The highest BCUT2D eigenvalue weighted by Crippen LogP contribution is 2.31. The van der Waals surface area contributed by atoms with Crippen LogP contribution in [0.1, 0.15) is 19.9 Å². The molecule has 0 saturated heterocycles. The van der Waals surface area contributed by atoms with E-state index in [-0.39, 0.29) is 6.04 Å². The van der Waals surface area contributed by atoms with Crippen molar-refractivity contribution < 1.29 is 0 Å². The van der Waals surface area contributed by atoms with Crippen LogP contribution in [0.2, 0.25) is 5.02 Å². The number of nitrogen functional groups attached to an aromatic ring is 2. The summed E-state index contributed by atoms with van der Waals surface area (Å²) in [6.07, 6.45) is 0. The number of nitrogens with zero attached hydrogens (tertiary/aromatic N) is 2. The van der Waals surface area contributed by atoms with Crippen molar-refractivity contribution in [1.29, 1.82) is 0 Å². The predicted molar refractivity (Wildman–Crippen MR) is 89.4 cm³/mol. The van der Waals surface area contributed by atoms with Gasteiger partial charge in [0.05, 0.1) is 11.0 Å². The first kappa shape index (κ1) is 13.8. The summed E-state index contributed by atoms with van der Waals surface area (Å²) in [5.41, 5.74) is 15.9. The molecule has 4 N–H and O–H groups in total. The molecule has 3 aromatic rings. The zero-order valence-corrected chi connectivity index (χ0v) is 12.7. The smallest absolute Gasteiger partial charge is 0.141 e. The fourth-order valence-electron chi connectivity index (χ4n) is 2.60. The van der Waals surface area contributed by atoms with E-state index >= 15 is 0 Å². The maximum atomic E-state index is 6.07. The van der Waals surface area contributed by atoms with Gasteiger partial charge in [0.2, 0.25) is 0 Å². The number of rotatable bonds is 2. The molecular formula is C16H17ClN4. The van der Waals surface area contributed by atoms with Crippen LogP contribution in [0.3, 0.4) is 0 Å². The van der Waals surface area contributed by atoms with Gasteiger partial charge in [-0.15, -0.1) is 0 Å². The van der Waals surface area contributed by atoms with Crippen LogP contribution in [-0.4, -0.2) is 9.55 Å². The molecule has 5 heteroatoms. The lowest BCUT2D eigenvalue weighted by Gasteiger charge is -2.14. The second-order valence-corrected chi connectivity index (χ2v) is 5.86. The van der Waals surface area contributed by atoms with Crippen molar-refractivity contribution in [3.63, 3.8) is 0 Å². The van der Waals surface area contributed by atoms with Crippen LogP contribution < -0.4 is 11.5 Å². The Hall–Kier alpha value is -2.20. The number of halogens is 1. The quantitative estimate of drug-likeness (QED) is 0.700. The summed E-state index contributed by atoms with van der Waals surface area (Å²) in [7, 11) is 0. The fourth-order valence-corrected chi connectivity index (χ4v) is 2.77. The first-order valence-corrected chi connectivity index (χ1v) is 7.17. The van der Waals surface area contributed by atoms with E-state index in [1.807, 2.05) is 30.3 Å². The van der Waals surface area contributed by atoms with E-state index in [1.165, 1.54) is 0 Å². The zero-order chi connectivity index (χ0) is 15.1. The first-order valence-electron chi connectivity index (χ1n) is 6.79. The monoisotopic (exact) mass is 300 g/mol. The second kappa shape index (κ2) is 4.97. The lowest BCUT2D eigenvalue weighted by molar-refractivity contribution is 0.624. The van der Waals surface area contributed by atoms with Crippen molar-refractivity contribution in [2.24, 2.45) is 0 Å². The van der Waals surface area contributed by atoms with E-state index in [4.69, 9.17) is 28.1 Å². The number of hydrogen-bond acceptors (Lipinski definition) is 3. The van der Waals surface area contributed by atoms with Crippen molar-refractivity contribution >= 4 is 34.0 Å². The predicted octanol–water partition coefficient (Wildman–Crippen LogP) is 4.10. The summed E-state index contributed by atoms with van der Waals surface area (Å²) < 4.78 is 2.17. The van der Waals surface area contributed by atoms with Crippen LogP contribution in [0.15, 0.2) is 36.4 Å². The van der Waals surface area contributed by atoms with Gasteiger partial charge in [-0.05, 0) is 50.2 Å². The highest BCUT2D eigenvalue weighted by Gasteiger charge is 2.15. The van der Waals surface area contributed by atoms with E-state index in [9.17, 15) is 0 Å². The molecule has 2 aromatic carbocycles. The average Bonchev–Trinajstić information content (AvgIpc) is 2.75. The van der Waals surface area contributed by atoms with Crippen LogP contribution in [0.5, 0.6) is 0 Å². The molecule has 0 aliphatic heterocycles. The number of imidazole rings is 1. The lowest BCUT2D eigenvalue weighted by atomic mass is 10.1. The molecular weight excluding hydrogens is 284 g/mol. The molecule has 0 saturated carbocycles. The number of aromatic nitrogens is 2. The summed E-state index contributed by atoms with van der Waals surface area (Å²) in [6, 6.07) is 11.5. The van der Waals surface area contributed by atoms with Crippen LogP contribution in [-0.2, 0) is 0 Å². The molecule has 0 aliphatic rings. The topological polar surface area (TPSA) is 69.9 Å². The van der Waals surface area contributed by atoms with E-state index in [1.54, 1.807) is 6.07 Å². The Balaban J connectivity index is 2.33. The van der Waals surface area contributed by atoms with Crippen LogP contribution in [0, 0.1) is 0 Å². The molecule has 4 nitrogen and oxygen atoms in total. The minimum absolute atomic E-state index is 0.258. The summed E-state index contributed by atoms with van der Waals surface area (Å²) in [6.45, 7) is 4.24. The normalized spacial score (nSPS) is 11.4. The van der Waals surface area contributed by atoms with Gasteiger partial charge in [0.15, 0.2) is 0 Å². The fraction of sp³-hybridized carbons (Fsp3) is 0.188. The number of anilines is 2. The Bertz CT molecular complexity index is 800. The summed E-state index contributed by atoms with van der Waals surface area (Å²) >= 11 is 6.07. The SMILES string of the molecule is CC(C)n1c(-c2cc(N)cc(N)c2)nc2cc(Cl)ccc21. The highest BCUT2D eigenvalue weighted by molar-refractivity contribution is 6.31. The maximum Gasteiger partial charge on any atom is 0.141 e. The molecule has 0 bridgehead atoms. The van der Waals surface area contributed by atoms with Crippen molar-refractivity contribution in [3.8, 4) is 11.4 Å². The van der Waals surface area contributed by atoms with Gasteiger partial charge in [0.1, 0.15) is 5.82 Å².